The van der Waals surface area contributed by atoms with Crippen molar-refractivity contribution in [2.45, 2.75) is 13.8 Å². The first-order valence-electron chi connectivity index (χ1n) is 7.84. The van der Waals surface area contributed by atoms with Crippen LogP contribution < -0.4 is 0 Å². The molecule has 32 heavy (non-hydrogen) atoms. The summed E-state index contributed by atoms with van der Waals surface area (Å²) < 4.78 is 0. The second kappa shape index (κ2) is 9.56. The lowest BCUT2D eigenvalue weighted by Crippen LogP contribution is -2.00. The Labute approximate surface area is 174 Å². The third-order valence-corrected chi connectivity index (χ3v) is 3.88. The molecule has 0 radical (unpaired) electrons. The molecule has 0 unspecified atom stereocenters. The highest BCUT2D eigenvalue weighted by Gasteiger charge is 2.28. The minimum atomic E-state index is -0.917. The van der Waals surface area contributed by atoms with Crippen LogP contribution in [0.25, 0.3) is 0 Å². The third-order valence-electron chi connectivity index (χ3n) is 3.88. The Morgan fingerprint density at radius 1 is 0.438 bits per heavy atom. The van der Waals surface area contributed by atoms with Gasteiger partial charge in [-0.25, -0.2) is 0 Å². The molecule has 2 rings (SSSR count). The van der Waals surface area contributed by atoms with Crippen LogP contribution in [-0.4, -0.2) is 29.5 Å². The lowest BCUT2D eigenvalue weighted by molar-refractivity contribution is -0.404. The molecule has 0 fully saturated rings. The molecule has 18 nitrogen and oxygen atoms in total. The number of hydrogen-bond acceptors (Lipinski definition) is 12. The molecule has 168 valence electrons. The third kappa shape index (κ3) is 5.46. The normalized spacial score (nSPS) is 9.81. The van der Waals surface area contributed by atoms with E-state index in [9.17, 15) is 60.7 Å². The monoisotopic (exact) mass is 454 g/mol. The summed E-state index contributed by atoms with van der Waals surface area (Å²) in [6.07, 6.45) is 0. The minimum absolute atomic E-state index is 0.208. The van der Waals surface area contributed by atoms with E-state index in [-0.39, 0.29) is 11.1 Å². The number of nitro benzene ring substituents is 6. The van der Waals surface area contributed by atoms with Gasteiger partial charge in [0.2, 0.25) is 0 Å². The van der Waals surface area contributed by atoms with E-state index in [1.807, 2.05) is 0 Å². The highest BCUT2D eigenvalue weighted by Crippen LogP contribution is 2.33. The first kappa shape index (κ1) is 24.9. The molecule has 0 aromatic heterocycles. The smallest absolute Gasteiger partial charge is 0.258 e. The lowest BCUT2D eigenvalue weighted by atomic mass is 10.1. The lowest BCUT2D eigenvalue weighted by Gasteiger charge is -1.99. The Kier molecular flexibility index (Phi) is 7.43. The molecule has 0 aliphatic heterocycles. The number of benzene rings is 2. The van der Waals surface area contributed by atoms with Gasteiger partial charge in [0.1, 0.15) is 11.1 Å². The first-order valence-corrected chi connectivity index (χ1v) is 7.84. The van der Waals surface area contributed by atoms with Crippen molar-refractivity contribution >= 4 is 34.1 Å². The molecule has 0 amide bonds. The number of rotatable bonds is 6. The summed E-state index contributed by atoms with van der Waals surface area (Å²) in [4.78, 5) is 57.6. The highest BCUT2D eigenvalue weighted by molar-refractivity contribution is 5.60. The molecule has 0 N–H and O–H groups in total. The number of nitro groups is 6. The topological polar surface area (TPSA) is 259 Å². The summed E-state index contributed by atoms with van der Waals surface area (Å²) in [7, 11) is 0. The molecule has 0 aliphatic carbocycles. The largest absolute Gasteiger partial charge is 0.286 e. The number of non-ortho nitro benzene ring substituents is 2. The Morgan fingerprint density at radius 2 is 0.625 bits per heavy atom. The highest BCUT2D eigenvalue weighted by atomic mass is 16.6. The standard InChI is InChI=1S/2C7H5N3O6/c2*1-4-6(9(13)14)2-5(8(11)12)3-7(4)10(15)16/h2*2-3H,1H3. The van der Waals surface area contributed by atoms with E-state index in [2.05, 4.69) is 0 Å². The maximum atomic E-state index is 10.5. The van der Waals surface area contributed by atoms with Crippen LogP contribution in [0.1, 0.15) is 11.1 Å². The molecule has 2 aromatic carbocycles. The molecule has 0 spiro atoms. The van der Waals surface area contributed by atoms with Gasteiger partial charge in [-0.05, 0) is 13.8 Å². The average molecular weight is 454 g/mol. The predicted octanol–water partition coefficient (Wildman–Crippen LogP) is 3.44. The van der Waals surface area contributed by atoms with Gasteiger partial charge < -0.3 is 0 Å². The van der Waals surface area contributed by atoms with Gasteiger partial charge in [0.25, 0.3) is 34.1 Å². The van der Waals surface area contributed by atoms with Gasteiger partial charge in [-0.1, -0.05) is 0 Å². The van der Waals surface area contributed by atoms with Crippen molar-refractivity contribution in [3.63, 3.8) is 0 Å². The average Bonchev–Trinajstić information content (AvgIpc) is 2.67. The molecule has 0 bridgehead atoms. The van der Waals surface area contributed by atoms with E-state index < -0.39 is 63.7 Å². The summed E-state index contributed by atoms with van der Waals surface area (Å²) in [5, 5.41) is 63.0. The zero-order valence-electron chi connectivity index (χ0n) is 15.9. The van der Waals surface area contributed by atoms with E-state index in [0.717, 1.165) is 0 Å². The molecule has 2 aromatic rings. The van der Waals surface area contributed by atoms with Crippen molar-refractivity contribution < 1.29 is 29.5 Å². The van der Waals surface area contributed by atoms with Crippen molar-refractivity contribution in [3.8, 4) is 0 Å². The Hall–Kier alpha value is -5.16. The van der Waals surface area contributed by atoms with Crippen LogP contribution in [-0.2, 0) is 0 Å². The van der Waals surface area contributed by atoms with Crippen LogP contribution in [0.4, 0.5) is 34.1 Å². The van der Waals surface area contributed by atoms with Crippen molar-refractivity contribution in [2.24, 2.45) is 0 Å². The first-order chi connectivity index (χ1) is 14.7. The molecule has 0 atom stereocenters. The zero-order valence-corrected chi connectivity index (χ0v) is 15.9. The van der Waals surface area contributed by atoms with Gasteiger partial charge in [-0.2, -0.15) is 0 Å². The summed E-state index contributed by atoms with van der Waals surface area (Å²) in [5.74, 6) is 0. The molecular weight excluding hydrogens is 444 g/mol. The van der Waals surface area contributed by atoms with Gasteiger partial charge in [-0.3, -0.25) is 60.7 Å². The van der Waals surface area contributed by atoms with E-state index in [0.29, 0.717) is 24.3 Å². The number of nitrogens with zero attached hydrogens (tertiary/aromatic N) is 6. The van der Waals surface area contributed by atoms with Gasteiger partial charge in [-0.15, -0.1) is 0 Å². The van der Waals surface area contributed by atoms with Crippen molar-refractivity contribution in [1.29, 1.82) is 0 Å². The van der Waals surface area contributed by atoms with Crippen LogP contribution >= 0.6 is 0 Å². The fourth-order valence-electron chi connectivity index (χ4n) is 2.31. The van der Waals surface area contributed by atoms with Gasteiger partial charge in [0.15, 0.2) is 0 Å². The van der Waals surface area contributed by atoms with Gasteiger partial charge in [0, 0.05) is 0 Å². The molecule has 0 heterocycles. The molecule has 0 saturated heterocycles. The Morgan fingerprint density at radius 3 is 0.750 bits per heavy atom. The van der Waals surface area contributed by atoms with Crippen molar-refractivity contribution in [1.82, 2.24) is 0 Å². The van der Waals surface area contributed by atoms with Crippen molar-refractivity contribution in [3.05, 3.63) is 96.1 Å². The second-order valence-electron chi connectivity index (χ2n) is 5.76. The zero-order chi connectivity index (χ0) is 24.9. The predicted molar refractivity (Wildman–Crippen MR) is 102 cm³/mol. The Balaban J connectivity index is 0.000000320. The van der Waals surface area contributed by atoms with Gasteiger partial charge >= 0.3 is 0 Å². The quantitative estimate of drug-likeness (QED) is 0.448. The summed E-state index contributed by atoms with van der Waals surface area (Å²) in [6, 6.07) is 2.79. The summed E-state index contributed by atoms with van der Waals surface area (Å²) in [5.41, 5.74) is -4.32. The number of hydrogen-bond donors (Lipinski definition) is 0. The van der Waals surface area contributed by atoms with Crippen LogP contribution in [0.15, 0.2) is 24.3 Å². The fraction of sp³-hybridized carbons (Fsp3) is 0.143. The molecular formula is C14H10N6O12. The van der Waals surface area contributed by atoms with E-state index in [4.69, 9.17) is 0 Å². The molecule has 0 aliphatic rings. The maximum Gasteiger partial charge on any atom is 0.286 e. The van der Waals surface area contributed by atoms with E-state index in [1.54, 1.807) is 0 Å². The maximum absolute atomic E-state index is 10.5. The summed E-state index contributed by atoms with van der Waals surface area (Å²) >= 11 is 0. The minimum Gasteiger partial charge on any atom is -0.258 e. The molecule has 18 heteroatoms. The van der Waals surface area contributed by atoms with Crippen LogP contribution in [0.5, 0.6) is 0 Å². The Bertz CT molecular complexity index is 1020. The molecule has 0 saturated carbocycles. The summed E-state index contributed by atoms with van der Waals surface area (Å²) in [6.45, 7) is 2.33. The van der Waals surface area contributed by atoms with Gasteiger partial charge in [0.05, 0.1) is 53.8 Å². The van der Waals surface area contributed by atoms with Crippen molar-refractivity contribution in [2.75, 3.05) is 0 Å². The SMILES string of the molecule is Cc1c([N+](=O)[O-])cc([N+](=O)[O-])cc1[N+](=O)[O-].Cc1c([N+](=O)[O-])cc([N+](=O)[O-])cc1[N+](=O)[O-]. The second-order valence-corrected chi connectivity index (χ2v) is 5.76. The van der Waals surface area contributed by atoms with Crippen LogP contribution in [0.3, 0.4) is 0 Å². The van der Waals surface area contributed by atoms with Crippen LogP contribution in [0.2, 0.25) is 0 Å². The van der Waals surface area contributed by atoms with E-state index >= 15 is 0 Å². The van der Waals surface area contributed by atoms with Crippen LogP contribution in [0, 0.1) is 74.5 Å². The van der Waals surface area contributed by atoms with E-state index in [1.165, 1.54) is 13.8 Å². The fourth-order valence-corrected chi connectivity index (χ4v) is 2.31.